The lowest BCUT2D eigenvalue weighted by Gasteiger charge is -2.43. The molecule has 0 radical (unpaired) electrons. The quantitative estimate of drug-likeness (QED) is 0.325. The van der Waals surface area contributed by atoms with Crippen LogP contribution in [0.4, 0.5) is 26.3 Å². The van der Waals surface area contributed by atoms with Crippen LogP contribution in [0.15, 0.2) is 42.5 Å². The summed E-state index contributed by atoms with van der Waals surface area (Å²) in [5.74, 6) is 0.283. The maximum absolute atomic E-state index is 14.0. The average molecular weight is 642 g/mol. The molecule has 1 unspecified atom stereocenters. The molecular formula is C34H45F6N3O2. The van der Waals surface area contributed by atoms with Gasteiger partial charge in [-0.2, -0.15) is 26.3 Å². The van der Waals surface area contributed by atoms with Gasteiger partial charge in [0.1, 0.15) is 0 Å². The lowest BCUT2D eigenvalue weighted by Crippen LogP contribution is -2.50. The predicted octanol–water partition coefficient (Wildman–Crippen LogP) is 7.32. The van der Waals surface area contributed by atoms with E-state index in [0.717, 1.165) is 74.6 Å². The monoisotopic (exact) mass is 641 g/mol. The number of halogens is 6. The van der Waals surface area contributed by atoms with Gasteiger partial charge in [-0.25, -0.2) is 0 Å². The van der Waals surface area contributed by atoms with E-state index in [2.05, 4.69) is 19.2 Å². The molecule has 3 atom stereocenters. The standard InChI is InChI=1S/C25H35F3N2O2.C9H10F3N/c1-16(2)24(10-6-21(15-24)29-20-8-12-32-13-9-20)23(31)30-11-7-18-4-5-19(25(26,27)28)14-22(18)17(30)3;10-9(11,12)8-3-1-7(2-4-8)5-6-13/h4-5,14,16-17,20-21,29H,6-13,15H2,1-3H3;1-4H,5-6,13H2/t17?,21-,24+;/m1./s1. The number of ether oxygens (including phenoxy) is 1. The van der Waals surface area contributed by atoms with E-state index in [9.17, 15) is 31.1 Å². The van der Waals surface area contributed by atoms with Crippen LogP contribution in [0.25, 0.3) is 0 Å². The summed E-state index contributed by atoms with van der Waals surface area (Å²) >= 11 is 0. The lowest BCUT2D eigenvalue weighted by atomic mass is 9.73. The number of nitrogens with zero attached hydrogens (tertiary/aromatic N) is 1. The summed E-state index contributed by atoms with van der Waals surface area (Å²) in [5.41, 5.74) is 5.92. The molecule has 5 rings (SSSR count). The fourth-order valence-electron chi connectivity index (χ4n) is 6.96. The number of nitrogens with one attached hydrogen (secondary N) is 1. The Morgan fingerprint density at radius 1 is 0.978 bits per heavy atom. The van der Waals surface area contributed by atoms with Crippen LogP contribution in [-0.4, -0.2) is 49.2 Å². The molecular weight excluding hydrogens is 596 g/mol. The zero-order valence-corrected chi connectivity index (χ0v) is 26.2. The van der Waals surface area contributed by atoms with Crippen LogP contribution in [0, 0.1) is 11.3 Å². The number of hydrogen-bond donors (Lipinski definition) is 2. The van der Waals surface area contributed by atoms with E-state index >= 15 is 0 Å². The number of carbonyl (C=O) groups is 1. The lowest BCUT2D eigenvalue weighted by molar-refractivity contribution is -0.147. The fourth-order valence-corrected chi connectivity index (χ4v) is 6.96. The molecule has 1 amide bonds. The summed E-state index contributed by atoms with van der Waals surface area (Å²) in [5, 5.41) is 3.76. The number of nitrogens with two attached hydrogens (primary N) is 1. The molecule has 5 nitrogen and oxygen atoms in total. The van der Waals surface area contributed by atoms with Gasteiger partial charge in [0.2, 0.25) is 5.91 Å². The van der Waals surface area contributed by atoms with Crippen LogP contribution in [0.3, 0.4) is 0 Å². The topological polar surface area (TPSA) is 67.6 Å². The Balaban J connectivity index is 0.000000297. The number of carbonyl (C=O) groups excluding carboxylic acids is 1. The van der Waals surface area contributed by atoms with Crippen LogP contribution in [0.1, 0.15) is 86.7 Å². The highest BCUT2D eigenvalue weighted by Crippen LogP contribution is 2.48. The highest BCUT2D eigenvalue weighted by molar-refractivity contribution is 5.84. The molecule has 1 saturated heterocycles. The minimum Gasteiger partial charge on any atom is -0.381 e. The molecule has 3 N–H and O–H groups in total. The first-order chi connectivity index (χ1) is 21.2. The SMILES string of the molecule is CC1c2cc(C(F)(F)F)ccc2CCN1C(=O)[C@@]1(C(C)C)CC[C@@H](NC2CCOCC2)C1.NCCc1ccc(C(F)(F)F)cc1. The Labute approximate surface area is 261 Å². The number of benzene rings is 2. The smallest absolute Gasteiger partial charge is 0.381 e. The third-order valence-corrected chi connectivity index (χ3v) is 9.76. The van der Waals surface area contributed by atoms with Crippen molar-refractivity contribution in [3.05, 3.63) is 70.3 Å². The third kappa shape index (κ3) is 8.40. The normalized spacial score (nSPS) is 24.3. The summed E-state index contributed by atoms with van der Waals surface area (Å²) in [6.07, 6.45) is -2.85. The second kappa shape index (κ2) is 14.4. The van der Waals surface area contributed by atoms with Crippen molar-refractivity contribution >= 4 is 5.91 Å². The molecule has 0 aromatic heterocycles. The molecule has 0 bridgehead atoms. The van der Waals surface area contributed by atoms with Gasteiger partial charge in [0.25, 0.3) is 0 Å². The van der Waals surface area contributed by atoms with Gasteiger partial charge >= 0.3 is 12.4 Å². The van der Waals surface area contributed by atoms with Crippen molar-refractivity contribution in [3.8, 4) is 0 Å². The van der Waals surface area contributed by atoms with Gasteiger partial charge in [-0.15, -0.1) is 0 Å². The van der Waals surface area contributed by atoms with Crippen molar-refractivity contribution in [3.63, 3.8) is 0 Å². The van der Waals surface area contributed by atoms with E-state index in [-0.39, 0.29) is 17.9 Å². The van der Waals surface area contributed by atoms with Gasteiger partial charge in [0.15, 0.2) is 0 Å². The number of alkyl halides is 6. The molecule has 2 aromatic carbocycles. The van der Waals surface area contributed by atoms with Crippen LogP contribution in [-0.2, 0) is 34.7 Å². The second-order valence-corrected chi connectivity index (χ2v) is 12.9. The Bertz CT molecular complexity index is 1270. The number of rotatable bonds is 6. The van der Waals surface area contributed by atoms with Crippen LogP contribution in [0.2, 0.25) is 0 Å². The third-order valence-electron chi connectivity index (χ3n) is 9.76. The van der Waals surface area contributed by atoms with Gasteiger partial charge in [0.05, 0.1) is 22.6 Å². The summed E-state index contributed by atoms with van der Waals surface area (Å²) in [7, 11) is 0. The maximum atomic E-state index is 14.0. The highest BCUT2D eigenvalue weighted by Gasteiger charge is 2.50. The molecule has 0 spiro atoms. The van der Waals surface area contributed by atoms with Gasteiger partial charge < -0.3 is 20.7 Å². The molecule has 45 heavy (non-hydrogen) atoms. The van der Waals surface area contributed by atoms with E-state index in [0.29, 0.717) is 43.6 Å². The Hall–Kier alpha value is -2.63. The molecule has 2 fully saturated rings. The zero-order valence-electron chi connectivity index (χ0n) is 26.2. The van der Waals surface area contributed by atoms with Gasteiger partial charge in [-0.1, -0.05) is 32.0 Å². The Morgan fingerprint density at radius 2 is 1.60 bits per heavy atom. The average Bonchev–Trinajstić information content (AvgIpc) is 3.42. The first-order valence-electron chi connectivity index (χ1n) is 15.9. The molecule has 2 aliphatic heterocycles. The van der Waals surface area contributed by atoms with Gasteiger partial charge in [-0.05, 0) is 105 Å². The number of hydrogen-bond acceptors (Lipinski definition) is 4. The van der Waals surface area contributed by atoms with Gasteiger partial charge in [-0.3, -0.25) is 4.79 Å². The van der Waals surface area contributed by atoms with Crippen molar-refractivity contribution in [2.24, 2.45) is 17.1 Å². The van der Waals surface area contributed by atoms with Crippen molar-refractivity contribution in [2.45, 2.75) is 96.2 Å². The first-order valence-corrected chi connectivity index (χ1v) is 15.9. The molecule has 2 heterocycles. The van der Waals surface area contributed by atoms with Crippen LogP contribution in [0.5, 0.6) is 0 Å². The zero-order chi connectivity index (χ0) is 33.0. The number of fused-ring (bicyclic) bond motifs is 1. The molecule has 250 valence electrons. The molecule has 11 heteroatoms. The highest BCUT2D eigenvalue weighted by atomic mass is 19.4. The van der Waals surface area contributed by atoms with Crippen molar-refractivity contribution in [2.75, 3.05) is 26.3 Å². The van der Waals surface area contributed by atoms with E-state index in [1.165, 1.54) is 18.2 Å². The van der Waals surface area contributed by atoms with Crippen molar-refractivity contribution < 1.29 is 35.9 Å². The predicted molar refractivity (Wildman–Crippen MR) is 161 cm³/mol. The summed E-state index contributed by atoms with van der Waals surface area (Å²) < 4.78 is 81.6. The Morgan fingerprint density at radius 3 is 2.18 bits per heavy atom. The molecule has 1 aliphatic carbocycles. The minimum absolute atomic E-state index is 0.110. The first kappa shape index (κ1) is 35.2. The summed E-state index contributed by atoms with van der Waals surface area (Å²) in [4.78, 5) is 15.8. The van der Waals surface area contributed by atoms with Crippen LogP contribution >= 0.6 is 0 Å². The van der Waals surface area contributed by atoms with Crippen molar-refractivity contribution in [1.29, 1.82) is 0 Å². The Kier molecular flexibility index (Phi) is 11.3. The van der Waals surface area contributed by atoms with E-state index < -0.39 is 28.9 Å². The second-order valence-electron chi connectivity index (χ2n) is 12.9. The molecule has 2 aromatic rings. The van der Waals surface area contributed by atoms with Gasteiger partial charge in [0, 0.05) is 31.8 Å². The summed E-state index contributed by atoms with van der Waals surface area (Å²) in [6.45, 7) is 8.66. The minimum atomic E-state index is -4.38. The largest absolute Gasteiger partial charge is 0.416 e. The van der Waals surface area contributed by atoms with E-state index in [4.69, 9.17) is 10.5 Å². The van der Waals surface area contributed by atoms with Crippen molar-refractivity contribution in [1.82, 2.24) is 10.2 Å². The summed E-state index contributed by atoms with van der Waals surface area (Å²) in [6, 6.07) is 9.42. The maximum Gasteiger partial charge on any atom is 0.416 e. The molecule has 3 aliphatic rings. The van der Waals surface area contributed by atoms with E-state index in [1.54, 1.807) is 6.07 Å². The number of amides is 1. The fraction of sp³-hybridized carbons (Fsp3) is 0.618. The van der Waals surface area contributed by atoms with Crippen LogP contribution < -0.4 is 11.1 Å². The molecule has 1 saturated carbocycles. The van der Waals surface area contributed by atoms with E-state index in [1.807, 2.05) is 11.8 Å².